The normalized spacial score (nSPS) is 17.9. The molecule has 0 aliphatic carbocycles. The van der Waals surface area contributed by atoms with Gasteiger partial charge in [-0.25, -0.2) is 0 Å². The molecule has 3 aromatic rings. The number of para-hydroxylation sites is 1. The number of fused-ring (bicyclic) bond motifs is 3. The number of carboxylic acids is 1. The molecule has 0 bridgehead atoms. The van der Waals surface area contributed by atoms with Gasteiger partial charge in [0.05, 0.1) is 24.2 Å². The van der Waals surface area contributed by atoms with E-state index in [0.29, 0.717) is 5.56 Å². The van der Waals surface area contributed by atoms with Crippen LogP contribution in [0.2, 0.25) is 10.0 Å². The number of alkyl halides is 3. The van der Waals surface area contributed by atoms with E-state index in [1.807, 2.05) is 0 Å². The number of carbonyl (C=O) groups is 1. The lowest BCUT2D eigenvalue weighted by atomic mass is 9.98. The Hall–Kier alpha value is -2.82. The summed E-state index contributed by atoms with van der Waals surface area (Å²) in [6.07, 6.45) is -7.94. The molecule has 1 aliphatic heterocycles. The number of benzene rings is 2. The van der Waals surface area contributed by atoms with Gasteiger partial charge in [-0.3, -0.25) is 9.36 Å². The summed E-state index contributed by atoms with van der Waals surface area (Å²) in [6.45, 7) is 0. The summed E-state index contributed by atoms with van der Waals surface area (Å²) in [7, 11) is 1.38. The van der Waals surface area contributed by atoms with Crippen LogP contribution in [-0.4, -0.2) is 33.0 Å². The van der Waals surface area contributed by atoms with Gasteiger partial charge >= 0.3 is 12.1 Å². The van der Waals surface area contributed by atoms with E-state index in [-0.39, 0.29) is 32.9 Å². The summed E-state index contributed by atoms with van der Waals surface area (Å²) in [5, 5.41) is 16.8. The van der Waals surface area contributed by atoms with Gasteiger partial charge in [-0.05, 0) is 24.3 Å². The molecule has 0 unspecified atom stereocenters. The minimum Gasteiger partial charge on any atom is -0.495 e. The highest BCUT2D eigenvalue weighted by Crippen LogP contribution is 2.46. The molecule has 168 valence electrons. The van der Waals surface area contributed by atoms with Crippen LogP contribution >= 0.6 is 23.2 Å². The Labute approximate surface area is 189 Å². The lowest BCUT2D eigenvalue weighted by Gasteiger charge is -2.24. The predicted octanol–water partition coefficient (Wildman–Crippen LogP) is 5.24. The molecule has 1 aromatic heterocycles. The number of aromatic nitrogens is 3. The molecule has 2 aromatic carbocycles. The second-order valence-electron chi connectivity index (χ2n) is 6.88. The predicted molar refractivity (Wildman–Crippen MR) is 107 cm³/mol. The van der Waals surface area contributed by atoms with Crippen molar-refractivity contribution in [2.45, 2.75) is 24.8 Å². The Morgan fingerprint density at radius 1 is 1.22 bits per heavy atom. The Morgan fingerprint density at radius 3 is 2.62 bits per heavy atom. The largest absolute Gasteiger partial charge is 0.495 e. The molecule has 0 fully saturated rings. The minimum absolute atomic E-state index is 0.0432. The van der Waals surface area contributed by atoms with Crippen molar-refractivity contribution in [2.75, 3.05) is 7.11 Å². The van der Waals surface area contributed by atoms with E-state index in [2.05, 4.69) is 10.2 Å². The van der Waals surface area contributed by atoms with Crippen LogP contribution in [0.1, 0.15) is 41.4 Å². The van der Waals surface area contributed by atoms with E-state index in [0.717, 1.165) is 4.57 Å². The standard InChI is InChI=1S/C20H14Cl2F3N3O4/c1-31-17-10(3-2-4-12(17)22)16-11-7-9(21)5-6-13(11)28-18(14(32-16)8-15(29)30)26-27-19(28)20(23,24)25/h2-7,14,16H,8H2,1H3,(H,29,30)/t14-,16-/m0/s1. The van der Waals surface area contributed by atoms with E-state index < -0.39 is 36.6 Å². The Kier molecular flexibility index (Phi) is 5.78. The first kappa shape index (κ1) is 22.4. The molecular weight excluding hydrogens is 474 g/mol. The number of ether oxygens (including phenoxy) is 2. The van der Waals surface area contributed by atoms with Gasteiger partial charge in [0.15, 0.2) is 5.82 Å². The zero-order chi connectivity index (χ0) is 23.2. The molecular formula is C20H14Cl2F3N3O4. The van der Waals surface area contributed by atoms with Gasteiger partial charge in [0, 0.05) is 16.1 Å². The van der Waals surface area contributed by atoms with Crippen molar-refractivity contribution >= 4 is 29.2 Å². The second kappa shape index (κ2) is 8.27. The topological polar surface area (TPSA) is 86.5 Å². The number of hydrogen-bond donors (Lipinski definition) is 1. The third-order valence-electron chi connectivity index (χ3n) is 4.89. The molecule has 4 rings (SSSR count). The molecule has 12 heteroatoms. The first-order chi connectivity index (χ1) is 15.1. The van der Waals surface area contributed by atoms with E-state index in [1.165, 1.54) is 25.3 Å². The summed E-state index contributed by atoms with van der Waals surface area (Å²) in [5.41, 5.74) is 0.658. The van der Waals surface area contributed by atoms with Gasteiger partial charge in [0.25, 0.3) is 0 Å². The van der Waals surface area contributed by atoms with E-state index in [4.69, 9.17) is 32.7 Å². The zero-order valence-electron chi connectivity index (χ0n) is 16.2. The molecule has 2 heterocycles. The number of halogens is 5. The van der Waals surface area contributed by atoms with Gasteiger partial charge in [0.1, 0.15) is 18.0 Å². The Morgan fingerprint density at radius 2 is 1.97 bits per heavy atom. The zero-order valence-corrected chi connectivity index (χ0v) is 17.7. The molecule has 0 amide bonds. The van der Waals surface area contributed by atoms with Crippen LogP contribution < -0.4 is 4.74 Å². The van der Waals surface area contributed by atoms with Gasteiger partial charge in [-0.1, -0.05) is 35.3 Å². The third-order valence-corrected chi connectivity index (χ3v) is 5.42. The smallest absolute Gasteiger partial charge is 0.452 e. The molecule has 0 spiro atoms. The fourth-order valence-corrected chi connectivity index (χ4v) is 4.09. The lowest BCUT2D eigenvalue weighted by Crippen LogP contribution is -2.17. The average molecular weight is 488 g/mol. The fraction of sp³-hybridized carbons (Fsp3) is 0.250. The van der Waals surface area contributed by atoms with Gasteiger partial charge in [-0.15, -0.1) is 10.2 Å². The minimum atomic E-state index is -4.86. The van der Waals surface area contributed by atoms with Crippen molar-refractivity contribution in [3.8, 4) is 11.4 Å². The van der Waals surface area contributed by atoms with Gasteiger partial charge < -0.3 is 14.6 Å². The maximum Gasteiger partial charge on any atom is 0.452 e. The molecule has 0 saturated carbocycles. The van der Waals surface area contributed by atoms with Gasteiger partial charge in [-0.2, -0.15) is 13.2 Å². The SMILES string of the molecule is COc1c(Cl)cccc1[C@@H]1O[C@@H](CC(=O)O)c2nnc(C(F)(F)F)n2-c2ccc(Cl)cc21. The summed E-state index contributed by atoms with van der Waals surface area (Å²) >= 11 is 12.4. The van der Waals surface area contributed by atoms with Crippen LogP contribution in [0.4, 0.5) is 13.2 Å². The van der Waals surface area contributed by atoms with Crippen LogP contribution in [0.3, 0.4) is 0 Å². The van der Waals surface area contributed by atoms with E-state index in [9.17, 15) is 23.1 Å². The Balaban J connectivity index is 2.04. The van der Waals surface area contributed by atoms with Crippen LogP contribution in [0, 0.1) is 0 Å². The number of nitrogens with zero attached hydrogens (tertiary/aromatic N) is 3. The van der Waals surface area contributed by atoms with Crippen LogP contribution in [-0.2, 0) is 15.7 Å². The summed E-state index contributed by atoms with van der Waals surface area (Å²) < 4.78 is 53.5. The highest BCUT2D eigenvalue weighted by molar-refractivity contribution is 6.32. The number of hydrogen-bond acceptors (Lipinski definition) is 5. The third kappa shape index (κ3) is 3.89. The quantitative estimate of drug-likeness (QED) is 0.541. The second-order valence-corrected chi connectivity index (χ2v) is 7.73. The van der Waals surface area contributed by atoms with E-state index in [1.54, 1.807) is 18.2 Å². The highest BCUT2D eigenvalue weighted by Gasteiger charge is 2.43. The summed E-state index contributed by atoms with van der Waals surface area (Å²) in [6, 6.07) is 9.03. The number of methoxy groups -OCH3 is 1. The molecule has 7 nitrogen and oxygen atoms in total. The maximum atomic E-state index is 13.8. The van der Waals surface area contributed by atoms with Crippen LogP contribution in [0.15, 0.2) is 36.4 Å². The first-order valence-electron chi connectivity index (χ1n) is 9.13. The molecule has 32 heavy (non-hydrogen) atoms. The lowest BCUT2D eigenvalue weighted by molar-refractivity contribution is -0.146. The van der Waals surface area contributed by atoms with Crippen LogP contribution in [0.5, 0.6) is 5.75 Å². The van der Waals surface area contributed by atoms with Crippen molar-refractivity contribution in [1.29, 1.82) is 0 Å². The Bertz CT molecular complexity index is 1200. The first-order valence-corrected chi connectivity index (χ1v) is 9.89. The highest BCUT2D eigenvalue weighted by atomic mass is 35.5. The van der Waals surface area contributed by atoms with Crippen LogP contribution in [0.25, 0.3) is 5.69 Å². The fourth-order valence-electron chi connectivity index (χ4n) is 3.65. The summed E-state index contributed by atoms with van der Waals surface area (Å²) in [4.78, 5) is 11.5. The summed E-state index contributed by atoms with van der Waals surface area (Å²) in [5.74, 6) is -2.67. The van der Waals surface area contributed by atoms with Crippen molar-refractivity contribution in [3.05, 3.63) is 69.2 Å². The van der Waals surface area contributed by atoms with E-state index >= 15 is 0 Å². The average Bonchev–Trinajstić information content (AvgIpc) is 3.11. The molecule has 0 saturated heterocycles. The number of carboxylic acid groups (broad SMARTS) is 1. The monoisotopic (exact) mass is 487 g/mol. The van der Waals surface area contributed by atoms with Crippen molar-refractivity contribution < 1.29 is 32.5 Å². The van der Waals surface area contributed by atoms with Crippen molar-refractivity contribution in [2.24, 2.45) is 0 Å². The number of aliphatic carboxylic acids is 1. The molecule has 1 N–H and O–H groups in total. The maximum absolute atomic E-state index is 13.8. The van der Waals surface area contributed by atoms with Crippen molar-refractivity contribution in [3.63, 3.8) is 0 Å². The molecule has 1 aliphatic rings. The van der Waals surface area contributed by atoms with Crippen molar-refractivity contribution in [1.82, 2.24) is 14.8 Å². The van der Waals surface area contributed by atoms with Gasteiger partial charge in [0.2, 0.25) is 5.82 Å². The molecule has 2 atom stereocenters. The number of rotatable bonds is 4. The molecule has 0 radical (unpaired) electrons.